The lowest BCUT2D eigenvalue weighted by Crippen LogP contribution is -2.34. The molecule has 1 aliphatic heterocycles. The summed E-state index contributed by atoms with van der Waals surface area (Å²) in [6.45, 7) is 7.20. The van der Waals surface area contributed by atoms with E-state index in [-0.39, 0.29) is 11.6 Å². The fourth-order valence-electron chi connectivity index (χ4n) is 4.26. The van der Waals surface area contributed by atoms with Crippen LogP contribution >= 0.6 is 0 Å². The number of nitrogens with zero attached hydrogens (tertiary/aromatic N) is 3. The third-order valence-corrected chi connectivity index (χ3v) is 5.53. The normalized spacial score (nSPS) is 17.4. The molecule has 1 atom stereocenters. The second-order valence-electron chi connectivity index (χ2n) is 8.00. The number of benzene rings is 2. The van der Waals surface area contributed by atoms with E-state index in [1.807, 2.05) is 24.3 Å². The summed E-state index contributed by atoms with van der Waals surface area (Å²) in [5.41, 5.74) is 4.49. The highest BCUT2D eigenvalue weighted by Gasteiger charge is 2.25. The van der Waals surface area contributed by atoms with Crippen molar-refractivity contribution in [1.29, 1.82) is 0 Å². The van der Waals surface area contributed by atoms with Crippen LogP contribution in [0.15, 0.2) is 47.3 Å². The van der Waals surface area contributed by atoms with E-state index in [9.17, 15) is 4.79 Å². The molecule has 6 heteroatoms. The van der Waals surface area contributed by atoms with Gasteiger partial charge in [-0.1, -0.05) is 29.3 Å². The van der Waals surface area contributed by atoms with Crippen LogP contribution in [0.2, 0.25) is 0 Å². The number of hydrogen-bond acceptors (Lipinski definition) is 4. The highest BCUT2D eigenvalue weighted by Crippen LogP contribution is 2.26. The van der Waals surface area contributed by atoms with Crippen molar-refractivity contribution in [3.8, 4) is 11.4 Å². The van der Waals surface area contributed by atoms with Gasteiger partial charge in [-0.05, 0) is 63.1 Å². The molecule has 29 heavy (non-hydrogen) atoms. The summed E-state index contributed by atoms with van der Waals surface area (Å²) in [6, 6.07) is 14.1. The number of piperidine rings is 1. The molecule has 0 spiro atoms. The molecule has 1 aromatic heterocycles. The predicted molar refractivity (Wildman–Crippen MR) is 114 cm³/mol. The Bertz CT molecular complexity index is 1020. The molecule has 0 radical (unpaired) electrons. The van der Waals surface area contributed by atoms with Crippen LogP contribution in [-0.2, 0) is 6.54 Å². The zero-order valence-electron chi connectivity index (χ0n) is 17.3. The largest absolute Gasteiger partial charge is 0.497 e. The lowest BCUT2D eigenvalue weighted by atomic mass is 9.96. The number of nitrogens with one attached hydrogen (secondary N) is 1. The van der Waals surface area contributed by atoms with Crippen LogP contribution < -0.4 is 10.4 Å². The van der Waals surface area contributed by atoms with E-state index in [1.165, 1.54) is 21.4 Å². The molecule has 0 unspecified atom stereocenters. The van der Waals surface area contributed by atoms with Gasteiger partial charge in [-0.2, -0.15) is 4.68 Å². The molecule has 0 aliphatic carbocycles. The monoisotopic (exact) mass is 392 g/mol. The van der Waals surface area contributed by atoms with E-state index in [4.69, 9.17) is 4.74 Å². The maximum Gasteiger partial charge on any atom is 0.348 e. The van der Waals surface area contributed by atoms with Crippen molar-refractivity contribution in [2.45, 2.75) is 39.2 Å². The minimum absolute atomic E-state index is 0.198. The fourth-order valence-corrected chi connectivity index (χ4v) is 4.26. The lowest BCUT2D eigenvalue weighted by Gasteiger charge is -2.31. The van der Waals surface area contributed by atoms with Crippen LogP contribution in [0.3, 0.4) is 0 Å². The molecular weight excluding hydrogens is 364 g/mol. The van der Waals surface area contributed by atoms with Crippen molar-refractivity contribution in [3.63, 3.8) is 0 Å². The van der Waals surface area contributed by atoms with E-state index in [0.717, 1.165) is 49.7 Å². The van der Waals surface area contributed by atoms with Crippen molar-refractivity contribution in [2.24, 2.45) is 0 Å². The van der Waals surface area contributed by atoms with Crippen molar-refractivity contribution in [3.05, 3.63) is 75.5 Å². The quantitative estimate of drug-likeness (QED) is 0.721. The van der Waals surface area contributed by atoms with Crippen LogP contribution in [0.4, 0.5) is 0 Å². The Morgan fingerprint density at radius 3 is 2.55 bits per heavy atom. The van der Waals surface area contributed by atoms with Gasteiger partial charge in [0, 0.05) is 19.0 Å². The topological polar surface area (TPSA) is 63.1 Å². The first-order chi connectivity index (χ1) is 14.0. The first-order valence-corrected chi connectivity index (χ1v) is 10.1. The van der Waals surface area contributed by atoms with Gasteiger partial charge in [0.25, 0.3) is 0 Å². The molecule has 3 aromatic rings. The van der Waals surface area contributed by atoms with Crippen molar-refractivity contribution < 1.29 is 4.74 Å². The van der Waals surface area contributed by atoms with Crippen LogP contribution in [0.5, 0.6) is 5.75 Å². The SMILES string of the molecule is COc1ccc(-n2nc([C@H]3CCCN(Cc4cc(C)cc(C)c4)C3)[nH]c2=O)cc1. The highest BCUT2D eigenvalue weighted by molar-refractivity contribution is 5.36. The van der Waals surface area contributed by atoms with E-state index in [0.29, 0.717) is 0 Å². The van der Waals surface area contributed by atoms with Gasteiger partial charge in [0.1, 0.15) is 11.6 Å². The number of likely N-dealkylation sites (tertiary alicyclic amines) is 1. The number of hydrogen-bond donors (Lipinski definition) is 1. The molecule has 152 valence electrons. The summed E-state index contributed by atoms with van der Waals surface area (Å²) in [5.74, 6) is 1.77. The van der Waals surface area contributed by atoms with E-state index in [2.05, 4.69) is 47.0 Å². The first kappa shape index (κ1) is 19.5. The van der Waals surface area contributed by atoms with Crippen LogP contribution in [0.1, 0.15) is 41.3 Å². The molecule has 0 saturated carbocycles. The number of aryl methyl sites for hydroxylation is 2. The van der Waals surface area contributed by atoms with Crippen molar-refractivity contribution in [1.82, 2.24) is 19.7 Å². The third-order valence-electron chi connectivity index (χ3n) is 5.53. The summed E-state index contributed by atoms with van der Waals surface area (Å²) >= 11 is 0. The molecular formula is C23H28N4O2. The average molecular weight is 393 g/mol. The van der Waals surface area contributed by atoms with Gasteiger partial charge < -0.3 is 4.74 Å². The number of methoxy groups -OCH3 is 1. The number of H-pyrrole nitrogens is 1. The van der Waals surface area contributed by atoms with E-state index >= 15 is 0 Å². The third kappa shape index (κ3) is 4.43. The fraction of sp³-hybridized carbons (Fsp3) is 0.391. The predicted octanol–water partition coefficient (Wildman–Crippen LogP) is 3.57. The molecule has 0 amide bonds. The molecule has 1 saturated heterocycles. The summed E-state index contributed by atoms with van der Waals surface area (Å²) < 4.78 is 6.63. The van der Waals surface area contributed by atoms with Gasteiger partial charge in [0.2, 0.25) is 0 Å². The minimum atomic E-state index is -0.198. The number of ether oxygens (including phenoxy) is 1. The van der Waals surface area contributed by atoms with Gasteiger partial charge >= 0.3 is 5.69 Å². The second kappa shape index (κ2) is 8.25. The summed E-state index contributed by atoms with van der Waals surface area (Å²) in [5, 5.41) is 4.61. The molecule has 1 N–H and O–H groups in total. The summed E-state index contributed by atoms with van der Waals surface area (Å²) in [4.78, 5) is 17.9. The average Bonchev–Trinajstić information content (AvgIpc) is 3.09. The maximum absolute atomic E-state index is 12.5. The smallest absolute Gasteiger partial charge is 0.348 e. The van der Waals surface area contributed by atoms with E-state index in [1.54, 1.807) is 7.11 Å². The Morgan fingerprint density at radius 2 is 1.86 bits per heavy atom. The first-order valence-electron chi connectivity index (χ1n) is 10.1. The molecule has 1 fully saturated rings. The van der Waals surface area contributed by atoms with E-state index < -0.39 is 0 Å². The molecule has 0 bridgehead atoms. The Balaban J connectivity index is 1.50. The van der Waals surface area contributed by atoms with Gasteiger partial charge in [-0.15, -0.1) is 5.10 Å². The Labute approximate surface area is 171 Å². The van der Waals surface area contributed by atoms with Gasteiger partial charge in [0.15, 0.2) is 0 Å². The standard InChI is InChI=1S/C23H28N4O2/c1-16-11-17(2)13-18(12-16)14-26-10-4-5-19(15-26)22-24-23(28)27(25-22)20-6-8-21(29-3)9-7-20/h6-9,11-13,19H,4-5,10,14-15H2,1-3H3,(H,24,25,28)/t19-/m0/s1. The molecule has 2 heterocycles. The zero-order chi connectivity index (χ0) is 20.4. The van der Waals surface area contributed by atoms with Crippen molar-refractivity contribution >= 4 is 0 Å². The highest BCUT2D eigenvalue weighted by atomic mass is 16.5. The second-order valence-corrected chi connectivity index (χ2v) is 8.00. The molecule has 1 aliphatic rings. The number of aromatic nitrogens is 3. The Kier molecular flexibility index (Phi) is 5.53. The lowest BCUT2D eigenvalue weighted by molar-refractivity contribution is 0.196. The number of aromatic amines is 1. The molecule has 6 nitrogen and oxygen atoms in total. The van der Waals surface area contributed by atoms with Crippen LogP contribution in [-0.4, -0.2) is 39.9 Å². The van der Waals surface area contributed by atoms with Gasteiger partial charge in [-0.3, -0.25) is 9.88 Å². The van der Waals surface area contributed by atoms with Crippen LogP contribution in [0, 0.1) is 13.8 Å². The summed E-state index contributed by atoms with van der Waals surface area (Å²) in [6.07, 6.45) is 2.14. The molecule has 2 aromatic carbocycles. The van der Waals surface area contributed by atoms with Crippen LogP contribution in [0.25, 0.3) is 5.69 Å². The summed E-state index contributed by atoms with van der Waals surface area (Å²) in [7, 11) is 1.63. The maximum atomic E-state index is 12.5. The van der Waals surface area contributed by atoms with Crippen molar-refractivity contribution in [2.75, 3.05) is 20.2 Å². The number of rotatable bonds is 5. The van der Waals surface area contributed by atoms with Gasteiger partial charge in [0.05, 0.1) is 12.8 Å². The minimum Gasteiger partial charge on any atom is -0.497 e. The Morgan fingerprint density at radius 1 is 1.14 bits per heavy atom. The zero-order valence-corrected chi connectivity index (χ0v) is 17.3. The van der Waals surface area contributed by atoms with Gasteiger partial charge in [-0.25, -0.2) is 4.79 Å². The molecule has 4 rings (SSSR count). The Hall–Kier alpha value is -2.86.